The number of amides is 3. The number of primary amides is 1. The fourth-order valence-corrected chi connectivity index (χ4v) is 4.85. The second kappa shape index (κ2) is 11.4. The quantitative estimate of drug-likeness (QED) is 0.389. The highest BCUT2D eigenvalue weighted by Crippen LogP contribution is 2.31. The number of nitrogens with one attached hydrogen (secondary N) is 1. The molecule has 37 heavy (non-hydrogen) atoms. The van der Waals surface area contributed by atoms with Crippen molar-refractivity contribution in [2.24, 2.45) is 5.73 Å². The van der Waals surface area contributed by atoms with E-state index in [1.54, 1.807) is 6.07 Å². The second-order valence-electron chi connectivity index (χ2n) is 8.50. The molecule has 1 aliphatic rings. The van der Waals surface area contributed by atoms with Crippen LogP contribution in [0.5, 0.6) is 0 Å². The summed E-state index contributed by atoms with van der Waals surface area (Å²) in [5.41, 5.74) is 11.2. The molecule has 0 unspecified atom stereocenters. The molecule has 4 rings (SSSR count). The Morgan fingerprint density at radius 3 is 2.51 bits per heavy atom. The summed E-state index contributed by atoms with van der Waals surface area (Å²) in [5, 5.41) is 2.80. The van der Waals surface area contributed by atoms with E-state index in [0.29, 0.717) is 18.1 Å². The Hall–Kier alpha value is -3.90. The fourth-order valence-electron chi connectivity index (χ4n) is 4.08. The lowest BCUT2D eigenvalue weighted by Crippen LogP contribution is -2.45. The molecule has 3 aromatic rings. The molecular weight excluding hydrogens is 504 g/mol. The number of carbonyl (C=O) groups excluding carboxylic acids is 3. The van der Waals surface area contributed by atoms with Gasteiger partial charge in [0.15, 0.2) is 5.69 Å². The molecule has 2 atom stereocenters. The third-order valence-corrected chi connectivity index (χ3v) is 6.84. The summed E-state index contributed by atoms with van der Waals surface area (Å²) >= 11 is 0.644. The molecule has 0 radical (unpaired) electrons. The van der Waals surface area contributed by atoms with E-state index < -0.39 is 35.4 Å². The van der Waals surface area contributed by atoms with Gasteiger partial charge in [0, 0.05) is 18.7 Å². The van der Waals surface area contributed by atoms with Crippen LogP contribution in [-0.4, -0.2) is 46.3 Å². The Bertz CT molecular complexity index is 1290. The molecule has 0 saturated carbocycles. The lowest BCUT2D eigenvalue weighted by molar-refractivity contribution is -0.126. The van der Waals surface area contributed by atoms with E-state index in [4.69, 9.17) is 16.2 Å². The minimum Gasteiger partial charge on any atom is -0.395 e. The van der Waals surface area contributed by atoms with E-state index in [0.717, 1.165) is 29.9 Å². The largest absolute Gasteiger partial charge is 0.395 e. The minimum atomic E-state index is -1.30. The summed E-state index contributed by atoms with van der Waals surface area (Å²) < 4.78 is 37.9. The van der Waals surface area contributed by atoms with Crippen LogP contribution in [0.2, 0.25) is 0 Å². The van der Waals surface area contributed by atoms with E-state index >= 15 is 0 Å². The molecule has 0 aliphatic carbocycles. The first-order chi connectivity index (χ1) is 17.8. The van der Waals surface area contributed by atoms with Gasteiger partial charge in [-0.3, -0.25) is 14.4 Å². The smallest absolute Gasteiger partial charge is 0.270 e. The SMILES string of the molecule is NC(=O)c1nsc(C(=O)N(Cc2ccccc2F)[C@H](C(=O)NC[C@H]2CCCO2)c2ccc(F)cc2)c1N. The van der Waals surface area contributed by atoms with E-state index in [1.807, 2.05) is 0 Å². The first-order valence-electron chi connectivity index (χ1n) is 11.5. The predicted octanol–water partition coefficient (Wildman–Crippen LogP) is 2.78. The van der Waals surface area contributed by atoms with Crippen LogP contribution in [0.15, 0.2) is 48.5 Å². The number of nitrogens with two attached hydrogens (primary N) is 2. The zero-order valence-electron chi connectivity index (χ0n) is 19.7. The van der Waals surface area contributed by atoms with Gasteiger partial charge in [-0.05, 0) is 48.1 Å². The molecule has 1 aromatic heterocycles. The van der Waals surface area contributed by atoms with Gasteiger partial charge in [-0.2, -0.15) is 4.37 Å². The van der Waals surface area contributed by atoms with E-state index in [9.17, 15) is 23.2 Å². The van der Waals surface area contributed by atoms with Gasteiger partial charge in [0.2, 0.25) is 5.91 Å². The number of carbonyl (C=O) groups is 3. The molecule has 1 fully saturated rings. The Morgan fingerprint density at radius 1 is 1.16 bits per heavy atom. The lowest BCUT2D eigenvalue weighted by Gasteiger charge is -2.31. The van der Waals surface area contributed by atoms with Crippen molar-refractivity contribution in [1.82, 2.24) is 14.6 Å². The zero-order chi connectivity index (χ0) is 26.5. The summed E-state index contributed by atoms with van der Waals surface area (Å²) in [6, 6.07) is 9.57. The average Bonchev–Trinajstić information content (AvgIpc) is 3.54. The van der Waals surface area contributed by atoms with Crippen LogP contribution in [0.3, 0.4) is 0 Å². The van der Waals surface area contributed by atoms with Gasteiger partial charge >= 0.3 is 0 Å². The number of rotatable bonds is 9. The third-order valence-electron chi connectivity index (χ3n) is 5.99. The molecule has 2 heterocycles. The van der Waals surface area contributed by atoms with Gasteiger partial charge in [-0.1, -0.05) is 30.3 Å². The molecule has 1 saturated heterocycles. The van der Waals surface area contributed by atoms with E-state index in [1.165, 1.54) is 30.3 Å². The van der Waals surface area contributed by atoms with Crippen LogP contribution in [0.25, 0.3) is 0 Å². The molecular formula is C25H25F2N5O4S. The summed E-state index contributed by atoms with van der Waals surface area (Å²) in [4.78, 5) is 40.0. The minimum absolute atomic E-state index is 0.132. The first-order valence-corrected chi connectivity index (χ1v) is 12.3. The van der Waals surface area contributed by atoms with Crippen molar-refractivity contribution < 1.29 is 27.9 Å². The number of anilines is 1. The van der Waals surface area contributed by atoms with Gasteiger partial charge in [-0.15, -0.1) is 0 Å². The highest BCUT2D eigenvalue weighted by atomic mass is 32.1. The number of benzene rings is 2. The van der Waals surface area contributed by atoms with Crippen molar-refractivity contribution in [3.05, 3.63) is 81.9 Å². The van der Waals surface area contributed by atoms with Gasteiger partial charge in [0.1, 0.15) is 22.6 Å². The molecule has 2 aromatic carbocycles. The summed E-state index contributed by atoms with van der Waals surface area (Å²) in [7, 11) is 0. The molecule has 9 nitrogen and oxygen atoms in total. The third kappa shape index (κ3) is 5.92. The Labute approximate surface area is 215 Å². The zero-order valence-corrected chi connectivity index (χ0v) is 20.5. The van der Waals surface area contributed by atoms with Crippen LogP contribution in [0.1, 0.15) is 50.2 Å². The maximum absolute atomic E-state index is 14.7. The van der Waals surface area contributed by atoms with Gasteiger partial charge in [0.05, 0.1) is 18.3 Å². The monoisotopic (exact) mass is 529 g/mol. The number of ether oxygens (including phenoxy) is 1. The standard InChI is InChI=1S/C25H25F2N5O4S/c26-16-9-7-14(8-10-16)21(24(34)30-12-17-5-3-11-36-17)32(13-15-4-1-2-6-18(15)27)25(35)22-19(28)20(23(29)33)31-37-22/h1-2,4,6-10,17,21H,3,5,11-13,28H2,(H2,29,33)(H,30,34)/t17-,21+/m1/s1. The number of hydrogen-bond acceptors (Lipinski definition) is 7. The number of nitrogens with zero attached hydrogens (tertiary/aromatic N) is 2. The van der Waals surface area contributed by atoms with E-state index in [2.05, 4.69) is 9.69 Å². The van der Waals surface area contributed by atoms with E-state index in [-0.39, 0.29) is 46.6 Å². The van der Waals surface area contributed by atoms with Crippen LogP contribution < -0.4 is 16.8 Å². The number of nitrogen functional groups attached to an aromatic ring is 1. The van der Waals surface area contributed by atoms with Crippen molar-refractivity contribution in [1.29, 1.82) is 0 Å². The first kappa shape index (κ1) is 26.2. The van der Waals surface area contributed by atoms with Crippen molar-refractivity contribution in [3.63, 3.8) is 0 Å². The predicted molar refractivity (Wildman–Crippen MR) is 132 cm³/mol. The van der Waals surface area contributed by atoms with Crippen LogP contribution >= 0.6 is 11.5 Å². The average molecular weight is 530 g/mol. The lowest BCUT2D eigenvalue weighted by atomic mass is 10.0. The summed E-state index contributed by atoms with van der Waals surface area (Å²) in [6.45, 7) is 0.462. The van der Waals surface area contributed by atoms with Crippen molar-refractivity contribution in [3.8, 4) is 0 Å². The fraction of sp³-hybridized carbons (Fsp3) is 0.280. The van der Waals surface area contributed by atoms with Crippen LogP contribution in [0, 0.1) is 11.6 Å². The molecule has 1 aliphatic heterocycles. The van der Waals surface area contributed by atoms with Crippen molar-refractivity contribution in [2.45, 2.75) is 31.5 Å². The Morgan fingerprint density at radius 2 is 1.89 bits per heavy atom. The molecule has 194 valence electrons. The maximum Gasteiger partial charge on any atom is 0.270 e. The topological polar surface area (TPSA) is 141 Å². The summed E-state index contributed by atoms with van der Waals surface area (Å²) in [5.74, 6) is -3.39. The van der Waals surface area contributed by atoms with Crippen LogP contribution in [-0.2, 0) is 16.1 Å². The molecule has 5 N–H and O–H groups in total. The van der Waals surface area contributed by atoms with Crippen molar-refractivity contribution >= 4 is 34.9 Å². The Balaban J connectivity index is 1.77. The summed E-state index contributed by atoms with van der Waals surface area (Å²) in [6.07, 6.45) is 1.46. The van der Waals surface area contributed by atoms with Gasteiger partial charge in [0.25, 0.3) is 11.8 Å². The number of halogens is 2. The normalized spacial score (nSPS) is 15.8. The van der Waals surface area contributed by atoms with Gasteiger partial charge < -0.3 is 26.4 Å². The maximum atomic E-state index is 14.7. The second-order valence-corrected chi connectivity index (χ2v) is 9.27. The van der Waals surface area contributed by atoms with Gasteiger partial charge in [-0.25, -0.2) is 8.78 Å². The molecule has 0 bridgehead atoms. The number of hydrogen-bond donors (Lipinski definition) is 3. The van der Waals surface area contributed by atoms with Crippen molar-refractivity contribution in [2.75, 3.05) is 18.9 Å². The molecule has 0 spiro atoms. The molecule has 12 heteroatoms. The van der Waals surface area contributed by atoms with Crippen LogP contribution in [0.4, 0.5) is 14.5 Å². The number of aromatic nitrogens is 1. The highest BCUT2D eigenvalue weighted by Gasteiger charge is 2.35. The Kier molecular flexibility index (Phi) is 8.09. The highest BCUT2D eigenvalue weighted by molar-refractivity contribution is 7.09. The molecule has 3 amide bonds.